The molecular formula is C20H20N2O4S. The zero-order chi connectivity index (χ0) is 19.4. The molecule has 0 aliphatic carbocycles. The second kappa shape index (κ2) is 8.18. The number of fused-ring (bicyclic) bond motifs is 1. The van der Waals surface area contributed by atoms with Crippen molar-refractivity contribution < 1.29 is 19.1 Å². The van der Waals surface area contributed by atoms with Crippen LogP contribution in [0.3, 0.4) is 0 Å². The summed E-state index contributed by atoms with van der Waals surface area (Å²) < 4.78 is 11.5. The van der Waals surface area contributed by atoms with E-state index in [1.54, 1.807) is 32.0 Å². The van der Waals surface area contributed by atoms with Gasteiger partial charge in [-0.1, -0.05) is 29.5 Å². The number of nitrogens with one attached hydrogen (secondary N) is 1. The molecule has 27 heavy (non-hydrogen) atoms. The average Bonchev–Trinajstić information content (AvgIpc) is 3.01. The van der Waals surface area contributed by atoms with E-state index >= 15 is 0 Å². The van der Waals surface area contributed by atoms with E-state index in [0.29, 0.717) is 22.0 Å². The van der Waals surface area contributed by atoms with E-state index < -0.39 is 0 Å². The topological polar surface area (TPSA) is 77.5 Å². The third kappa shape index (κ3) is 4.83. The molecule has 0 atom stereocenters. The van der Waals surface area contributed by atoms with Gasteiger partial charge in [0.05, 0.1) is 21.9 Å². The number of benzene rings is 2. The Morgan fingerprint density at radius 2 is 1.96 bits per heavy atom. The van der Waals surface area contributed by atoms with E-state index in [-0.39, 0.29) is 24.6 Å². The highest BCUT2D eigenvalue weighted by molar-refractivity contribution is 7.22. The number of carbonyl (C=O) groups excluding carboxylic acids is 2. The summed E-state index contributed by atoms with van der Waals surface area (Å²) in [6.45, 7) is 5.42. The highest BCUT2D eigenvalue weighted by atomic mass is 32.1. The van der Waals surface area contributed by atoms with Crippen molar-refractivity contribution in [2.75, 3.05) is 11.9 Å². The van der Waals surface area contributed by atoms with Crippen molar-refractivity contribution in [3.05, 3.63) is 53.6 Å². The monoisotopic (exact) mass is 384 g/mol. The Bertz CT molecular complexity index is 981. The molecule has 0 saturated heterocycles. The maximum atomic E-state index is 12.1. The normalized spacial score (nSPS) is 10.8. The van der Waals surface area contributed by atoms with Crippen LogP contribution in [0.25, 0.3) is 10.2 Å². The molecule has 140 valence electrons. The van der Waals surface area contributed by atoms with Gasteiger partial charge in [-0.25, -0.2) is 9.78 Å². The molecular weight excluding hydrogens is 364 g/mol. The number of aromatic nitrogens is 1. The number of ether oxygens (including phenoxy) is 2. The number of anilines is 1. The van der Waals surface area contributed by atoms with E-state index in [4.69, 9.17) is 9.47 Å². The Kier molecular flexibility index (Phi) is 5.71. The lowest BCUT2D eigenvalue weighted by molar-refractivity contribution is -0.118. The zero-order valence-electron chi connectivity index (χ0n) is 15.3. The largest absolute Gasteiger partial charge is 0.483 e. The maximum Gasteiger partial charge on any atom is 0.338 e. The molecule has 0 saturated carbocycles. The molecule has 6 nitrogen and oxygen atoms in total. The minimum atomic E-state index is -0.377. The lowest BCUT2D eigenvalue weighted by Crippen LogP contribution is -2.20. The number of nitrogens with zero attached hydrogens (tertiary/aromatic N) is 1. The van der Waals surface area contributed by atoms with Crippen LogP contribution in [0.4, 0.5) is 5.13 Å². The highest BCUT2D eigenvalue weighted by Gasteiger charge is 2.13. The number of para-hydroxylation sites is 1. The van der Waals surface area contributed by atoms with Crippen molar-refractivity contribution in [2.45, 2.75) is 26.9 Å². The zero-order valence-corrected chi connectivity index (χ0v) is 16.1. The standard InChI is InChI=1S/C20H20N2O4S/c1-12(2)26-19(24)14-8-9-15-17(10-14)27-20(21-15)22-18(23)11-25-16-7-5-4-6-13(16)3/h4-10,12H,11H2,1-3H3,(H,21,22,23). The molecule has 0 aliphatic heterocycles. The van der Waals surface area contributed by atoms with Crippen LogP contribution in [-0.4, -0.2) is 29.6 Å². The molecule has 7 heteroatoms. The van der Waals surface area contributed by atoms with Crippen molar-refractivity contribution >= 4 is 38.6 Å². The fraction of sp³-hybridized carbons (Fsp3) is 0.250. The summed E-state index contributed by atoms with van der Waals surface area (Å²) >= 11 is 1.29. The fourth-order valence-electron chi connectivity index (χ4n) is 2.40. The van der Waals surface area contributed by atoms with Crippen molar-refractivity contribution in [1.82, 2.24) is 4.98 Å². The molecule has 0 fully saturated rings. The van der Waals surface area contributed by atoms with Gasteiger partial charge in [0.15, 0.2) is 11.7 Å². The van der Waals surface area contributed by atoms with Gasteiger partial charge in [0.1, 0.15) is 5.75 Å². The SMILES string of the molecule is Cc1ccccc1OCC(=O)Nc1nc2ccc(C(=O)OC(C)C)cc2s1. The highest BCUT2D eigenvalue weighted by Crippen LogP contribution is 2.27. The Morgan fingerprint density at radius 3 is 2.70 bits per heavy atom. The minimum Gasteiger partial charge on any atom is -0.483 e. The first-order valence-corrected chi connectivity index (χ1v) is 9.34. The number of aryl methyl sites for hydroxylation is 1. The number of carbonyl (C=O) groups is 2. The molecule has 1 aromatic heterocycles. The van der Waals surface area contributed by atoms with E-state index in [0.717, 1.165) is 10.3 Å². The van der Waals surface area contributed by atoms with Crippen LogP contribution < -0.4 is 10.1 Å². The number of hydrogen-bond donors (Lipinski definition) is 1. The van der Waals surface area contributed by atoms with Crippen LogP contribution in [0.2, 0.25) is 0 Å². The van der Waals surface area contributed by atoms with Crippen molar-refractivity contribution in [2.24, 2.45) is 0 Å². The Labute approximate surface area is 161 Å². The van der Waals surface area contributed by atoms with Crippen molar-refractivity contribution in [3.63, 3.8) is 0 Å². The summed E-state index contributed by atoms with van der Waals surface area (Å²) in [4.78, 5) is 28.5. The van der Waals surface area contributed by atoms with Crippen molar-refractivity contribution in [1.29, 1.82) is 0 Å². The van der Waals surface area contributed by atoms with Crippen LogP contribution in [-0.2, 0) is 9.53 Å². The lowest BCUT2D eigenvalue weighted by Gasteiger charge is -2.07. The van der Waals surface area contributed by atoms with Gasteiger partial charge >= 0.3 is 5.97 Å². The van der Waals surface area contributed by atoms with Gasteiger partial charge in [-0.05, 0) is 50.6 Å². The first-order valence-electron chi connectivity index (χ1n) is 8.52. The smallest absolute Gasteiger partial charge is 0.338 e. The summed E-state index contributed by atoms with van der Waals surface area (Å²) in [5, 5.41) is 3.19. The quantitative estimate of drug-likeness (QED) is 0.645. The molecule has 3 aromatic rings. The molecule has 2 aromatic carbocycles. The van der Waals surface area contributed by atoms with Gasteiger partial charge in [0, 0.05) is 0 Å². The van der Waals surface area contributed by atoms with E-state index in [1.165, 1.54) is 11.3 Å². The van der Waals surface area contributed by atoms with Gasteiger partial charge in [0.2, 0.25) is 0 Å². The van der Waals surface area contributed by atoms with Crippen LogP contribution in [0.15, 0.2) is 42.5 Å². The molecule has 1 heterocycles. The van der Waals surface area contributed by atoms with Crippen molar-refractivity contribution in [3.8, 4) is 5.75 Å². The number of hydrogen-bond acceptors (Lipinski definition) is 6. The fourth-order valence-corrected chi connectivity index (χ4v) is 3.33. The first kappa shape index (κ1) is 18.8. The lowest BCUT2D eigenvalue weighted by atomic mass is 10.2. The second-order valence-electron chi connectivity index (χ2n) is 6.26. The molecule has 0 radical (unpaired) electrons. The third-order valence-electron chi connectivity index (χ3n) is 3.67. The number of esters is 1. The Balaban J connectivity index is 1.65. The number of amides is 1. The summed E-state index contributed by atoms with van der Waals surface area (Å²) in [6.07, 6.45) is -0.183. The average molecular weight is 384 g/mol. The third-order valence-corrected chi connectivity index (χ3v) is 4.60. The first-order chi connectivity index (χ1) is 12.9. The van der Waals surface area contributed by atoms with Gasteiger partial charge in [-0.2, -0.15) is 0 Å². The number of thiazole rings is 1. The maximum absolute atomic E-state index is 12.1. The van der Waals surface area contributed by atoms with Gasteiger partial charge in [0.25, 0.3) is 5.91 Å². The molecule has 1 amide bonds. The van der Waals surface area contributed by atoms with Gasteiger partial charge in [-0.3, -0.25) is 10.1 Å². The van der Waals surface area contributed by atoms with Crippen LogP contribution in [0.1, 0.15) is 29.8 Å². The molecule has 0 aliphatic rings. The summed E-state index contributed by atoms with van der Waals surface area (Å²) in [7, 11) is 0. The van der Waals surface area contributed by atoms with Gasteiger partial charge in [-0.15, -0.1) is 0 Å². The Morgan fingerprint density at radius 1 is 1.19 bits per heavy atom. The van der Waals surface area contributed by atoms with E-state index in [2.05, 4.69) is 10.3 Å². The summed E-state index contributed by atoms with van der Waals surface area (Å²) in [5.41, 5.74) is 2.13. The predicted molar refractivity (Wildman–Crippen MR) is 105 cm³/mol. The van der Waals surface area contributed by atoms with E-state index in [1.807, 2.05) is 31.2 Å². The second-order valence-corrected chi connectivity index (χ2v) is 7.29. The molecule has 1 N–H and O–H groups in total. The van der Waals surface area contributed by atoms with Gasteiger partial charge < -0.3 is 9.47 Å². The number of rotatable bonds is 6. The molecule has 0 unspecified atom stereocenters. The summed E-state index contributed by atoms with van der Waals surface area (Å²) in [5.74, 6) is -0.000441. The predicted octanol–water partition coefficient (Wildman–Crippen LogP) is 4.19. The Hall–Kier alpha value is -2.93. The molecule has 0 bridgehead atoms. The summed E-state index contributed by atoms with van der Waals surface area (Å²) in [6, 6.07) is 12.6. The van der Waals surface area contributed by atoms with Crippen LogP contribution in [0.5, 0.6) is 5.75 Å². The molecule has 0 spiro atoms. The minimum absolute atomic E-state index is 0.104. The van der Waals surface area contributed by atoms with Crippen LogP contribution in [0, 0.1) is 6.92 Å². The molecule has 3 rings (SSSR count). The van der Waals surface area contributed by atoms with E-state index in [9.17, 15) is 9.59 Å². The van der Waals surface area contributed by atoms with Crippen LogP contribution >= 0.6 is 11.3 Å².